The Balaban J connectivity index is 2.21. The van der Waals surface area contributed by atoms with Crippen LogP contribution in [0.25, 0.3) is 0 Å². The summed E-state index contributed by atoms with van der Waals surface area (Å²) >= 11 is 6.46. The minimum absolute atomic E-state index is 0.144. The summed E-state index contributed by atoms with van der Waals surface area (Å²) in [5.41, 5.74) is 7.57. The molecule has 19 heavy (non-hydrogen) atoms. The normalized spacial score (nSPS) is 11.8. The molecule has 1 aromatic carbocycles. The molecule has 1 amide bonds. The molecule has 0 aliphatic heterocycles. The Bertz CT molecular complexity index is 593. The molecule has 0 spiro atoms. The third-order valence-corrected chi connectivity index (χ3v) is 4.01. The number of aryl methyl sites for hydroxylation is 1. The smallest absolute Gasteiger partial charge is 0.262 e. The molecule has 0 fully saturated rings. The average Bonchev–Trinajstić information content (AvgIpc) is 2.82. The van der Waals surface area contributed by atoms with Gasteiger partial charge in [0.15, 0.2) is 0 Å². The number of amides is 1. The lowest BCUT2D eigenvalue weighted by Gasteiger charge is -2.17. The van der Waals surface area contributed by atoms with Gasteiger partial charge in [0, 0.05) is 0 Å². The first-order chi connectivity index (χ1) is 9.09. The topological polar surface area (TPSA) is 55.1 Å². The Morgan fingerprint density at radius 2 is 2.00 bits per heavy atom. The lowest BCUT2D eigenvalue weighted by atomic mass is 10.1. The van der Waals surface area contributed by atoms with Crippen molar-refractivity contribution in [3.05, 3.63) is 57.8 Å². The standard InChI is InChI=1S/C14H14N2OS2/c1-9-7-8-19-12(9)14(17)16-11(13(15)18)10-5-3-2-4-6-10/h2-8,11H,1H3,(H2,15,18)(H,16,17). The Morgan fingerprint density at radius 3 is 2.53 bits per heavy atom. The molecule has 98 valence electrons. The second kappa shape index (κ2) is 5.95. The summed E-state index contributed by atoms with van der Waals surface area (Å²) < 4.78 is 0. The summed E-state index contributed by atoms with van der Waals surface area (Å²) in [5.74, 6) is -0.144. The molecular weight excluding hydrogens is 276 g/mol. The molecule has 0 aliphatic carbocycles. The third-order valence-electron chi connectivity index (χ3n) is 2.76. The number of carbonyl (C=O) groups is 1. The molecule has 0 saturated carbocycles. The van der Waals surface area contributed by atoms with Gasteiger partial charge in [0.25, 0.3) is 5.91 Å². The Labute approximate surface area is 121 Å². The Kier molecular flexibility index (Phi) is 4.29. The minimum Gasteiger partial charge on any atom is -0.391 e. The highest BCUT2D eigenvalue weighted by atomic mass is 32.1. The first kappa shape index (κ1) is 13.7. The van der Waals surface area contributed by atoms with E-state index in [1.165, 1.54) is 11.3 Å². The summed E-state index contributed by atoms with van der Waals surface area (Å²) in [4.78, 5) is 13.1. The van der Waals surface area contributed by atoms with Crippen LogP contribution in [0.3, 0.4) is 0 Å². The zero-order chi connectivity index (χ0) is 13.8. The van der Waals surface area contributed by atoms with Gasteiger partial charge in [-0.05, 0) is 29.5 Å². The van der Waals surface area contributed by atoms with Gasteiger partial charge in [0.2, 0.25) is 0 Å². The summed E-state index contributed by atoms with van der Waals surface area (Å²) in [6.07, 6.45) is 0. The van der Waals surface area contributed by atoms with Gasteiger partial charge < -0.3 is 11.1 Å². The van der Waals surface area contributed by atoms with Gasteiger partial charge in [-0.3, -0.25) is 4.79 Å². The van der Waals surface area contributed by atoms with E-state index in [-0.39, 0.29) is 10.9 Å². The van der Waals surface area contributed by atoms with Crippen molar-refractivity contribution >= 4 is 34.5 Å². The van der Waals surface area contributed by atoms with Crippen LogP contribution < -0.4 is 11.1 Å². The molecule has 0 aliphatic rings. The average molecular weight is 290 g/mol. The monoisotopic (exact) mass is 290 g/mol. The van der Waals surface area contributed by atoms with Crippen molar-refractivity contribution in [1.82, 2.24) is 5.32 Å². The van der Waals surface area contributed by atoms with Crippen LogP contribution in [0.15, 0.2) is 41.8 Å². The maximum absolute atomic E-state index is 12.2. The van der Waals surface area contributed by atoms with Gasteiger partial charge in [0.1, 0.15) is 11.0 Å². The molecule has 3 N–H and O–H groups in total. The molecule has 2 aromatic rings. The summed E-state index contributed by atoms with van der Waals surface area (Å²) in [6.45, 7) is 1.91. The van der Waals surface area contributed by atoms with Gasteiger partial charge >= 0.3 is 0 Å². The lowest BCUT2D eigenvalue weighted by molar-refractivity contribution is 0.0950. The highest BCUT2D eigenvalue weighted by Gasteiger charge is 2.19. The van der Waals surface area contributed by atoms with Gasteiger partial charge in [-0.25, -0.2) is 0 Å². The molecule has 1 unspecified atom stereocenters. The highest BCUT2D eigenvalue weighted by Crippen LogP contribution is 2.18. The largest absolute Gasteiger partial charge is 0.391 e. The fourth-order valence-corrected chi connectivity index (χ4v) is 2.79. The SMILES string of the molecule is Cc1ccsc1C(=O)NC(C(N)=S)c1ccccc1. The molecule has 1 aromatic heterocycles. The molecule has 1 heterocycles. The van der Waals surface area contributed by atoms with E-state index in [1.54, 1.807) is 0 Å². The number of carbonyl (C=O) groups excluding carboxylic acids is 1. The zero-order valence-electron chi connectivity index (χ0n) is 10.4. The molecule has 1 atom stereocenters. The second-order valence-corrected chi connectivity index (χ2v) is 5.54. The maximum atomic E-state index is 12.2. The Morgan fingerprint density at radius 1 is 1.32 bits per heavy atom. The molecule has 3 nitrogen and oxygen atoms in total. The van der Waals surface area contributed by atoms with E-state index < -0.39 is 6.04 Å². The quantitative estimate of drug-likeness (QED) is 0.851. The van der Waals surface area contributed by atoms with Gasteiger partial charge in [-0.2, -0.15) is 0 Å². The molecule has 0 saturated heterocycles. The lowest BCUT2D eigenvalue weighted by Crippen LogP contribution is -2.36. The van der Waals surface area contributed by atoms with Crippen LogP contribution >= 0.6 is 23.6 Å². The van der Waals surface area contributed by atoms with Crippen molar-refractivity contribution in [2.45, 2.75) is 13.0 Å². The van der Waals surface area contributed by atoms with E-state index >= 15 is 0 Å². The minimum atomic E-state index is -0.440. The molecule has 0 bridgehead atoms. The number of hydrogen-bond donors (Lipinski definition) is 2. The number of benzene rings is 1. The van der Waals surface area contributed by atoms with E-state index in [0.717, 1.165) is 11.1 Å². The molecular formula is C14H14N2OS2. The van der Waals surface area contributed by atoms with Gasteiger partial charge in [-0.1, -0.05) is 42.5 Å². The van der Waals surface area contributed by atoms with E-state index in [2.05, 4.69) is 5.32 Å². The van der Waals surface area contributed by atoms with Crippen molar-refractivity contribution in [1.29, 1.82) is 0 Å². The number of rotatable bonds is 4. The number of nitrogens with one attached hydrogen (secondary N) is 1. The number of nitrogens with two attached hydrogens (primary N) is 1. The highest BCUT2D eigenvalue weighted by molar-refractivity contribution is 7.80. The van der Waals surface area contributed by atoms with Crippen LogP contribution in [0.5, 0.6) is 0 Å². The van der Waals surface area contributed by atoms with Crippen molar-refractivity contribution in [2.75, 3.05) is 0 Å². The van der Waals surface area contributed by atoms with Crippen LogP contribution in [0, 0.1) is 6.92 Å². The van der Waals surface area contributed by atoms with Crippen molar-refractivity contribution in [2.24, 2.45) is 5.73 Å². The van der Waals surface area contributed by atoms with Crippen LogP contribution in [-0.4, -0.2) is 10.9 Å². The number of thiocarbonyl (C=S) groups is 1. The van der Waals surface area contributed by atoms with Crippen LogP contribution in [0.2, 0.25) is 0 Å². The van der Waals surface area contributed by atoms with Crippen molar-refractivity contribution in [3.8, 4) is 0 Å². The Hall–Kier alpha value is -1.72. The van der Waals surface area contributed by atoms with E-state index in [0.29, 0.717) is 4.88 Å². The fourth-order valence-electron chi connectivity index (χ4n) is 1.77. The molecule has 5 heteroatoms. The van der Waals surface area contributed by atoms with E-state index in [1.807, 2.05) is 48.7 Å². The first-order valence-electron chi connectivity index (χ1n) is 5.79. The fraction of sp³-hybridized carbons (Fsp3) is 0.143. The van der Waals surface area contributed by atoms with Crippen molar-refractivity contribution < 1.29 is 4.79 Å². The van der Waals surface area contributed by atoms with E-state index in [4.69, 9.17) is 18.0 Å². The van der Waals surface area contributed by atoms with Crippen LogP contribution in [0.1, 0.15) is 26.8 Å². The van der Waals surface area contributed by atoms with Crippen LogP contribution in [-0.2, 0) is 0 Å². The predicted molar refractivity (Wildman–Crippen MR) is 82.5 cm³/mol. The van der Waals surface area contributed by atoms with E-state index in [9.17, 15) is 4.79 Å². The first-order valence-corrected chi connectivity index (χ1v) is 7.07. The summed E-state index contributed by atoms with van der Waals surface area (Å²) in [7, 11) is 0. The number of thiophene rings is 1. The number of hydrogen-bond acceptors (Lipinski definition) is 3. The van der Waals surface area contributed by atoms with Crippen LogP contribution in [0.4, 0.5) is 0 Å². The maximum Gasteiger partial charge on any atom is 0.262 e. The molecule has 0 radical (unpaired) electrons. The summed E-state index contributed by atoms with van der Waals surface area (Å²) in [5, 5.41) is 4.77. The third kappa shape index (κ3) is 3.19. The van der Waals surface area contributed by atoms with Crippen molar-refractivity contribution in [3.63, 3.8) is 0 Å². The van der Waals surface area contributed by atoms with Gasteiger partial charge in [-0.15, -0.1) is 11.3 Å². The zero-order valence-corrected chi connectivity index (χ0v) is 12.1. The predicted octanol–water partition coefficient (Wildman–Crippen LogP) is 2.81. The van der Waals surface area contributed by atoms with Gasteiger partial charge in [0.05, 0.1) is 4.88 Å². The second-order valence-electron chi connectivity index (χ2n) is 4.15. The summed E-state index contributed by atoms with van der Waals surface area (Å²) in [6, 6.07) is 11.0. The molecule has 2 rings (SSSR count).